The predicted octanol–water partition coefficient (Wildman–Crippen LogP) is 5.11. The molecule has 1 saturated carbocycles. The van der Waals surface area contributed by atoms with E-state index in [1.807, 2.05) is 17.6 Å². The summed E-state index contributed by atoms with van der Waals surface area (Å²) in [6, 6.07) is 12.1. The number of carbonyl (C=O) groups excluding carboxylic acids is 1. The van der Waals surface area contributed by atoms with Crippen molar-refractivity contribution in [2.24, 2.45) is 0 Å². The zero-order valence-corrected chi connectivity index (χ0v) is 16.7. The Labute approximate surface area is 171 Å². The van der Waals surface area contributed by atoms with Crippen molar-refractivity contribution in [3.63, 3.8) is 0 Å². The molecule has 0 atom stereocenters. The molecule has 144 valence electrons. The van der Waals surface area contributed by atoms with Crippen molar-refractivity contribution in [1.29, 1.82) is 0 Å². The maximum absolute atomic E-state index is 14.2. The summed E-state index contributed by atoms with van der Waals surface area (Å²) in [6.07, 6.45) is 2.00. The van der Waals surface area contributed by atoms with E-state index in [-0.39, 0.29) is 23.5 Å². The first-order valence-corrected chi connectivity index (χ1v) is 10.3. The summed E-state index contributed by atoms with van der Waals surface area (Å²) in [7, 11) is 0. The number of aromatic nitrogens is 3. The van der Waals surface area contributed by atoms with Crippen LogP contribution in [-0.2, 0) is 4.79 Å². The van der Waals surface area contributed by atoms with E-state index < -0.39 is 0 Å². The van der Waals surface area contributed by atoms with Crippen LogP contribution in [0.2, 0.25) is 5.02 Å². The highest BCUT2D eigenvalue weighted by molar-refractivity contribution is 7.99. The Hall–Kier alpha value is -2.38. The SMILES string of the molecule is Cc1ccc(Cl)cc1NC(=O)CSc1nnc(-c2ccccc2F)n1C1CC1. The zero-order valence-electron chi connectivity index (χ0n) is 15.2. The van der Waals surface area contributed by atoms with Gasteiger partial charge in [0.15, 0.2) is 11.0 Å². The minimum Gasteiger partial charge on any atom is -0.325 e. The van der Waals surface area contributed by atoms with E-state index in [1.165, 1.54) is 17.8 Å². The van der Waals surface area contributed by atoms with Gasteiger partial charge in [-0.15, -0.1) is 10.2 Å². The Balaban J connectivity index is 1.50. The van der Waals surface area contributed by atoms with Crippen LogP contribution in [0.15, 0.2) is 47.6 Å². The minimum absolute atomic E-state index is 0.159. The smallest absolute Gasteiger partial charge is 0.234 e. The van der Waals surface area contributed by atoms with Crippen LogP contribution in [0.1, 0.15) is 24.4 Å². The molecule has 1 aliphatic rings. The van der Waals surface area contributed by atoms with Crippen LogP contribution >= 0.6 is 23.4 Å². The Morgan fingerprint density at radius 1 is 1.29 bits per heavy atom. The molecule has 0 radical (unpaired) electrons. The number of anilines is 1. The normalized spacial score (nSPS) is 13.5. The van der Waals surface area contributed by atoms with Crippen molar-refractivity contribution in [1.82, 2.24) is 14.8 Å². The number of aryl methyl sites for hydroxylation is 1. The van der Waals surface area contributed by atoms with E-state index in [1.54, 1.807) is 30.3 Å². The number of nitrogens with zero attached hydrogens (tertiary/aromatic N) is 3. The van der Waals surface area contributed by atoms with E-state index in [0.717, 1.165) is 18.4 Å². The molecule has 1 aromatic heterocycles. The van der Waals surface area contributed by atoms with Gasteiger partial charge in [0.1, 0.15) is 5.82 Å². The third-order valence-corrected chi connectivity index (χ3v) is 5.68. The maximum atomic E-state index is 14.2. The standard InChI is InChI=1S/C20H18ClFN4OS/c1-12-6-7-13(21)10-17(12)23-18(27)11-28-20-25-24-19(26(20)14-8-9-14)15-4-2-3-5-16(15)22/h2-7,10,14H,8-9,11H2,1H3,(H,23,27). The second-order valence-electron chi connectivity index (χ2n) is 6.68. The number of thioether (sulfide) groups is 1. The van der Waals surface area contributed by atoms with Crippen molar-refractivity contribution in [2.75, 3.05) is 11.1 Å². The molecule has 1 heterocycles. The number of amides is 1. The summed E-state index contributed by atoms with van der Waals surface area (Å²) in [4.78, 5) is 12.4. The van der Waals surface area contributed by atoms with E-state index in [4.69, 9.17) is 11.6 Å². The maximum Gasteiger partial charge on any atom is 0.234 e. The monoisotopic (exact) mass is 416 g/mol. The van der Waals surface area contributed by atoms with Gasteiger partial charge in [-0.2, -0.15) is 0 Å². The Morgan fingerprint density at radius 3 is 2.82 bits per heavy atom. The van der Waals surface area contributed by atoms with Crippen LogP contribution < -0.4 is 5.32 Å². The average molecular weight is 417 g/mol. The lowest BCUT2D eigenvalue weighted by molar-refractivity contribution is -0.113. The van der Waals surface area contributed by atoms with Gasteiger partial charge in [0.05, 0.1) is 11.3 Å². The molecular weight excluding hydrogens is 399 g/mol. The van der Waals surface area contributed by atoms with Gasteiger partial charge in [-0.1, -0.05) is 41.6 Å². The van der Waals surface area contributed by atoms with Gasteiger partial charge in [-0.3, -0.25) is 9.36 Å². The quantitative estimate of drug-likeness (QED) is 0.567. The lowest BCUT2D eigenvalue weighted by atomic mass is 10.2. The molecule has 4 rings (SSSR count). The molecule has 0 unspecified atom stereocenters. The first-order valence-electron chi connectivity index (χ1n) is 8.91. The van der Waals surface area contributed by atoms with E-state index in [0.29, 0.717) is 27.3 Å². The van der Waals surface area contributed by atoms with Crippen LogP contribution in [0.4, 0.5) is 10.1 Å². The van der Waals surface area contributed by atoms with Crippen LogP contribution in [0.5, 0.6) is 0 Å². The highest BCUT2D eigenvalue weighted by Gasteiger charge is 2.31. The molecule has 2 aromatic carbocycles. The van der Waals surface area contributed by atoms with Crippen molar-refractivity contribution >= 4 is 35.0 Å². The van der Waals surface area contributed by atoms with Gasteiger partial charge in [0.2, 0.25) is 5.91 Å². The Bertz CT molecular complexity index is 1030. The van der Waals surface area contributed by atoms with Crippen molar-refractivity contribution in [2.45, 2.75) is 31.0 Å². The largest absolute Gasteiger partial charge is 0.325 e. The summed E-state index contributed by atoms with van der Waals surface area (Å²) in [6.45, 7) is 1.91. The van der Waals surface area contributed by atoms with Gasteiger partial charge >= 0.3 is 0 Å². The van der Waals surface area contributed by atoms with E-state index in [2.05, 4.69) is 15.5 Å². The highest BCUT2D eigenvalue weighted by Crippen LogP contribution is 2.41. The van der Waals surface area contributed by atoms with E-state index >= 15 is 0 Å². The summed E-state index contributed by atoms with van der Waals surface area (Å²) in [5.41, 5.74) is 2.05. The van der Waals surface area contributed by atoms with E-state index in [9.17, 15) is 9.18 Å². The number of hydrogen-bond donors (Lipinski definition) is 1. The van der Waals surface area contributed by atoms with Gasteiger partial charge in [-0.25, -0.2) is 4.39 Å². The predicted molar refractivity (Wildman–Crippen MR) is 109 cm³/mol. The fraction of sp³-hybridized carbons (Fsp3) is 0.250. The fourth-order valence-corrected chi connectivity index (χ4v) is 3.89. The zero-order chi connectivity index (χ0) is 19.7. The van der Waals surface area contributed by atoms with Crippen LogP contribution in [-0.4, -0.2) is 26.4 Å². The molecule has 5 nitrogen and oxygen atoms in total. The van der Waals surface area contributed by atoms with Gasteiger partial charge in [-0.05, 0) is 49.6 Å². The molecule has 8 heteroatoms. The molecule has 1 amide bonds. The average Bonchev–Trinajstić information content (AvgIpc) is 3.43. The Kier molecular flexibility index (Phi) is 5.37. The van der Waals surface area contributed by atoms with Gasteiger partial charge in [0.25, 0.3) is 0 Å². The minimum atomic E-state index is -0.331. The molecule has 0 bridgehead atoms. The van der Waals surface area contributed by atoms with Crippen LogP contribution in [0, 0.1) is 12.7 Å². The number of halogens is 2. The molecule has 0 aliphatic heterocycles. The third-order valence-electron chi connectivity index (χ3n) is 4.50. The highest BCUT2D eigenvalue weighted by atomic mass is 35.5. The first-order chi connectivity index (χ1) is 13.5. The number of carbonyl (C=O) groups is 1. The number of benzene rings is 2. The second-order valence-corrected chi connectivity index (χ2v) is 8.06. The van der Waals surface area contributed by atoms with Crippen molar-refractivity contribution in [3.05, 3.63) is 58.9 Å². The third kappa shape index (κ3) is 4.05. The molecule has 1 aliphatic carbocycles. The van der Waals surface area contributed by atoms with Gasteiger partial charge in [0, 0.05) is 16.8 Å². The second kappa shape index (κ2) is 7.93. The summed E-state index contributed by atoms with van der Waals surface area (Å²) in [5, 5.41) is 12.5. The number of hydrogen-bond acceptors (Lipinski definition) is 4. The van der Waals surface area contributed by atoms with Crippen LogP contribution in [0.3, 0.4) is 0 Å². The lowest BCUT2D eigenvalue weighted by Gasteiger charge is -2.10. The molecule has 0 saturated heterocycles. The Morgan fingerprint density at radius 2 is 2.07 bits per heavy atom. The van der Waals surface area contributed by atoms with Crippen molar-refractivity contribution in [3.8, 4) is 11.4 Å². The topological polar surface area (TPSA) is 59.8 Å². The lowest BCUT2D eigenvalue weighted by Crippen LogP contribution is -2.15. The fourth-order valence-electron chi connectivity index (χ4n) is 2.91. The summed E-state index contributed by atoms with van der Waals surface area (Å²) >= 11 is 7.30. The number of rotatable bonds is 6. The molecule has 3 aromatic rings. The van der Waals surface area contributed by atoms with Gasteiger partial charge < -0.3 is 5.32 Å². The summed E-state index contributed by atoms with van der Waals surface area (Å²) in [5.74, 6) is 0.193. The molecule has 28 heavy (non-hydrogen) atoms. The number of nitrogens with one attached hydrogen (secondary N) is 1. The molecular formula is C20H18ClFN4OS. The van der Waals surface area contributed by atoms with Crippen molar-refractivity contribution < 1.29 is 9.18 Å². The molecule has 1 N–H and O–H groups in total. The molecule has 0 spiro atoms. The first kappa shape index (κ1) is 19.0. The van der Waals surface area contributed by atoms with Crippen LogP contribution in [0.25, 0.3) is 11.4 Å². The summed E-state index contributed by atoms with van der Waals surface area (Å²) < 4.78 is 16.2. The molecule has 1 fully saturated rings.